The summed E-state index contributed by atoms with van der Waals surface area (Å²) in [5.41, 5.74) is 5.52. The summed E-state index contributed by atoms with van der Waals surface area (Å²) in [5, 5.41) is 2.75. The normalized spacial score (nSPS) is 10.4. The predicted molar refractivity (Wildman–Crippen MR) is 87.3 cm³/mol. The van der Waals surface area contributed by atoms with Gasteiger partial charge in [-0.3, -0.25) is 9.59 Å². The lowest BCUT2D eigenvalue weighted by Gasteiger charge is -2.13. The second kappa shape index (κ2) is 6.25. The molecule has 1 aromatic carbocycles. The van der Waals surface area contributed by atoms with Crippen molar-refractivity contribution < 1.29 is 9.18 Å². The third-order valence-electron chi connectivity index (χ3n) is 2.93. The molecule has 0 fully saturated rings. The summed E-state index contributed by atoms with van der Waals surface area (Å²) >= 11 is 1.99. The largest absolute Gasteiger partial charge is 0.365 e. The number of primary amides is 1. The van der Waals surface area contributed by atoms with Crippen molar-refractivity contribution in [3.05, 3.63) is 55.8 Å². The second-order valence-electron chi connectivity index (χ2n) is 4.34. The van der Waals surface area contributed by atoms with Crippen LogP contribution in [0.3, 0.4) is 0 Å². The van der Waals surface area contributed by atoms with E-state index in [0.29, 0.717) is 6.54 Å². The molecule has 0 saturated heterocycles. The molecule has 21 heavy (non-hydrogen) atoms. The van der Waals surface area contributed by atoms with Crippen LogP contribution in [-0.2, 0) is 6.54 Å². The highest BCUT2D eigenvalue weighted by molar-refractivity contribution is 14.1. The molecule has 0 spiro atoms. The van der Waals surface area contributed by atoms with Crippen molar-refractivity contribution in [1.29, 1.82) is 0 Å². The number of pyridine rings is 1. The Bertz CT molecular complexity index is 758. The zero-order valence-corrected chi connectivity index (χ0v) is 13.3. The van der Waals surface area contributed by atoms with E-state index in [1.54, 1.807) is 13.0 Å². The minimum Gasteiger partial charge on any atom is -0.365 e. The van der Waals surface area contributed by atoms with Gasteiger partial charge in [-0.25, -0.2) is 4.39 Å². The van der Waals surface area contributed by atoms with Gasteiger partial charge in [0.1, 0.15) is 5.82 Å². The highest BCUT2D eigenvalue weighted by Crippen LogP contribution is 2.23. The SMILES string of the molecule is CCn1cc(C(N)=O)c(Nc2ccc(I)cc2F)cc1=O. The number of nitrogens with two attached hydrogens (primary N) is 1. The third-order valence-corrected chi connectivity index (χ3v) is 3.60. The second-order valence-corrected chi connectivity index (χ2v) is 5.58. The number of hydrogen-bond acceptors (Lipinski definition) is 3. The van der Waals surface area contributed by atoms with Crippen molar-refractivity contribution in [3.8, 4) is 0 Å². The zero-order valence-electron chi connectivity index (χ0n) is 11.2. The van der Waals surface area contributed by atoms with E-state index in [4.69, 9.17) is 5.73 Å². The van der Waals surface area contributed by atoms with Gasteiger partial charge in [0.25, 0.3) is 11.5 Å². The van der Waals surface area contributed by atoms with Gasteiger partial charge in [0.2, 0.25) is 0 Å². The quantitative estimate of drug-likeness (QED) is 0.773. The Kier molecular flexibility index (Phi) is 4.61. The molecule has 1 heterocycles. The van der Waals surface area contributed by atoms with Gasteiger partial charge in [-0.05, 0) is 47.7 Å². The van der Waals surface area contributed by atoms with E-state index in [0.717, 1.165) is 3.57 Å². The van der Waals surface area contributed by atoms with E-state index < -0.39 is 11.7 Å². The highest BCUT2D eigenvalue weighted by Gasteiger charge is 2.13. The fourth-order valence-corrected chi connectivity index (χ4v) is 2.31. The van der Waals surface area contributed by atoms with Crippen LogP contribution in [0.25, 0.3) is 0 Å². The van der Waals surface area contributed by atoms with Crippen LogP contribution in [0.4, 0.5) is 15.8 Å². The number of halogens is 2. The van der Waals surface area contributed by atoms with Crippen molar-refractivity contribution in [2.45, 2.75) is 13.5 Å². The highest BCUT2D eigenvalue weighted by atomic mass is 127. The number of amides is 1. The standard InChI is InChI=1S/C14H13FIN3O2/c1-2-19-7-9(14(17)21)12(6-13(19)20)18-11-4-3-8(16)5-10(11)15/h3-7,18H,2H2,1H3,(H2,17,21). The van der Waals surface area contributed by atoms with Crippen LogP contribution < -0.4 is 16.6 Å². The Morgan fingerprint density at radius 1 is 1.38 bits per heavy atom. The average Bonchev–Trinajstić information content (AvgIpc) is 2.41. The minimum atomic E-state index is -0.689. The molecule has 110 valence electrons. The molecule has 7 heteroatoms. The number of anilines is 2. The molecule has 3 N–H and O–H groups in total. The van der Waals surface area contributed by atoms with E-state index >= 15 is 0 Å². The van der Waals surface area contributed by atoms with Crippen molar-refractivity contribution in [2.75, 3.05) is 5.32 Å². The predicted octanol–water partition coefficient (Wildman–Crippen LogP) is 2.45. The number of rotatable bonds is 4. The first-order valence-corrected chi connectivity index (χ1v) is 7.26. The number of benzene rings is 1. The molecule has 0 atom stereocenters. The number of aromatic nitrogens is 1. The summed E-state index contributed by atoms with van der Waals surface area (Å²) < 4.78 is 15.9. The molecule has 0 aliphatic heterocycles. The Hall–Kier alpha value is -1.90. The molecular weight excluding hydrogens is 388 g/mol. The molecule has 0 aliphatic carbocycles. The summed E-state index contributed by atoms with van der Waals surface area (Å²) in [4.78, 5) is 23.4. The molecule has 1 aromatic heterocycles. The van der Waals surface area contributed by atoms with Crippen LogP contribution >= 0.6 is 22.6 Å². The van der Waals surface area contributed by atoms with E-state index in [2.05, 4.69) is 5.32 Å². The summed E-state index contributed by atoms with van der Waals surface area (Å²) in [6.45, 7) is 2.19. The summed E-state index contributed by atoms with van der Waals surface area (Å²) in [7, 11) is 0. The summed E-state index contributed by atoms with van der Waals surface area (Å²) in [6.07, 6.45) is 1.37. The van der Waals surface area contributed by atoms with Crippen LogP contribution in [0, 0.1) is 9.39 Å². The van der Waals surface area contributed by atoms with Gasteiger partial charge < -0.3 is 15.6 Å². The van der Waals surface area contributed by atoms with Gasteiger partial charge >= 0.3 is 0 Å². The molecule has 5 nitrogen and oxygen atoms in total. The molecule has 0 saturated carbocycles. The Balaban J connectivity index is 2.50. The molecule has 0 unspecified atom stereocenters. The Morgan fingerprint density at radius 3 is 2.67 bits per heavy atom. The lowest BCUT2D eigenvalue weighted by molar-refractivity contribution is 0.100. The van der Waals surface area contributed by atoms with Gasteiger partial charge in [-0.15, -0.1) is 0 Å². The van der Waals surface area contributed by atoms with Gasteiger partial charge in [0.05, 0.1) is 16.9 Å². The topological polar surface area (TPSA) is 77.1 Å². The maximum absolute atomic E-state index is 13.8. The first kappa shape index (κ1) is 15.5. The van der Waals surface area contributed by atoms with E-state index in [9.17, 15) is 14.0 Å². The molecule has 0 aliphatic rings. The minimum absolute atomic E-state index is 0.134. The number of nitrogens with one attached hydrogen (secondary N) is 1. The van der Waals surface area contributed by atoms with Gasteiger partial charge in [-0.2, -0.15) is 0 Å². The summed E-state index contributed by atoms with van der Waals surface area (Å²) in [5.74, 6) is -1.16. The molecule has 0 radical (unpaired) electrons. The zero-order chi connectivity index (χ0) is 15.6. The van der Waals surface area contributed by atoms with Gasteiger partial charge in [0, 0.05) is 22.4 Å². The summed E-state index contributed by atoms with van der Waals surface area (Å²) in [6, 6.07) is 5.83. The smallest absolute Gasteiger partial charge is 0.252 e. The van der Waals surface area contributed by atoms with Crippen LogP contribution in [0.5, 0.6) is 0 Å². The van der Waals surface area contributed by atoms with E-state index in [1.165, 1.54) is 29.0 Å². The maximum Gasteiger partial charge on any atom is 0.252 e. The number of carbonyl (C=O) groups is 1. The number of carbonyl (C=O) groups excluding carboxylic acids is 1. The Morgan fingerprint density at radius 2 is 2.10 bits per heavy atom. The first-order valence-electron chi connectivity index (χ1n) is 6.18. The number of hydrogen-bond donors (Lipinski definition) is 2. The van der Waals surface area contributed by atoms with Crippen LogP contribution in [-0.4, -0.2) is 10.5 Å². The van der Waals surface area contributed by atoms with Crippen LogP contribution in [0.2, 0.25) is 0 Å². The van der Waals surface area contributed by atoms with Crippen molar-refractivity contribution in [3.63, 3.8) is 0 Å². The number of aryl methyl sites for hydroxylation is 1. The molecule has 0 bridgehead atoms. The molecule has 1 amide bonds. The molecular formula is C14H13FIN3O2. The van der Waals surface area contributed by atoms with Crippen LogP contribution in [0.1, 0.15) is 17.3 Å². The van der Waals surface area contributed by atoms with Crippen molar-refractivity contribution in [2.24, 2.45) is 5.73 Å². The fraction of sp³-hybridized carbons (Fsp3) is 0.143. The molecule has 2 rings (SSSR count). The maximum atomic E-state index is 13.8. The van der Waals surface area contributed by atoms with Crippen molar-refractivity contribution >= 4 is 39.9 Å². The number of nitrogens with zero attached hydrogens (tertiary/aromatic N) is 1. The van der Waals surface area contributed by atoms with E-state index in [-0.39, 0.29) is 22.5 Å². The average molecular weight is 401 g/mol. The van der Waals surface area contributed by atoms with Crippen LogP contribution in [0.15, 0.2) is 35.3 Å². The van der Waals surface area contributed by atoms with Crippen molar-refractivity contribution in [1.82, 2.24) is 4.57 Å². The lowest BCUT2D eigenvalue weighted by atomic mass is 10.2. The fourth-order valence-electron chi connectivity index (χ4n) is 1.86. The van der Waals surface area contributed by atoms with Gasteiger partial charge in [-0.1, -0.05) is 0 Å². The third kappa shape index (κ3) is 3.41. The Labute approximate surface area is 134 Å². The first-order chi connectivity index (χ1) is 9.92. The van der Waals surface area contributed by atoms with E-state index in [1.807, 2.05) is 22.6 Å². The lowest BCUT2D eigenvalue weighted by Crippen LogP contribution is -2.23. The monoisotopic (exact) mass is 401 g/mol. The van der Waals surface area contributed by atoms with Gasteiger partial charge in [0.15, 0.2) is 0 Å². The molecule has 2 aromatic rings.